The molecule has 0 bridgehead atoms. The van der Waals surface area contributed by atoms with Gasteiger partial charge in [0.05, 0.1) is 15.7 Å². The van der Waals surface area contributed by atoms with E-state index < -0.39 is 0 Å². The maximum absolute atomic E-state index is 12.4. The first-order chi connectivity index (χ1) is 24.7. The highest BCUT2D eigenvalue weighted by atomic mass is 16.6. The molecule has 0 aliphatic heterocycles. The summed E-state index contributed by atoms with van der Waals surface area (Å²) < 4.78 is 6.86. The van der Waals surface area contributed by atoms with E-state index in [9.17, 15) is 10.1 Å². The minimum atomic E-state index is -0.266. The molecular weight excluding hydrogens is 615 g/mol. The standard InChI is InChI=1S/C46H27NO3/c48-47(49)45-37-21-10-8-19-35(37)44(36-20-9-11-22-38(36)45)40-24-12-23-39-30-26-25-29(27-41(30)50-46(39)40)43-33-17-6-4-15-31(33)42(28-13-2-1-3-14-28)32-16-5-7-18-34(32)43/h1-27H. The fourth-order valence-electron chi connectivity index (χ4n) is 8.10. The normalized spacial score (nSPS) is 11.8. The van der Waals surface area contributed by atoms with Gasteiger partial charge in [-0.25, -0.2) is 0 Å². The maximum Gasteiger partial charge on any atom is 0.284 e. The van der Waals surface area contributed by atoms with Gasteiger partial charge in [0, 0.05) is 21.9 Å². The zero-order chi connectivity index (χ0) is 33.3. The molecule has 4 nitrogen and oxygen atoms in total. The Morgan fingerprint density at radius 3 is 1.40 bits per heavy atom. The van der Waals surface area contributed by atoms with Crippen molar-refractivity contribution in [2.75, 3.05) is 0 Å². The quantitative estimate of drug-likeness (QED) is 0.109. The van der Waals surface area contributed by atoms with Gasteiger partial charge in [0.15, 0.2) is 0 Å². The van der Waals surface area contributed by atoms with Crippen LogP contribution in [0.1, 0.15) is 0 Å². The van der Waals surface area contributed by atoms with E-state index in [-0.39, 0.29) is 10.6 Å². The van der Waals surface area contributed by atoms with Gasteiger partial charge in [-0.15, -0.1) is 0 Å². The number of benzene rings is 9. The minimum absolute atomic E-state index is 0.124. The van der Waals surface area contributed by atoms with E-state index in [1.54, 1.807) is 0 Å². The van der Waals surface area contributed by atoms with Crippen LogP contribution in [-0.2, 0) is 0 Å². The van der Waals surface area contributed by atoms with Crippen molar-refractivity contribution >= 4 is 70.7 Å². The summed E-state index contributed by atoms with van der Waals surface area (Å²) in [6.45, 7) is 0. The Hall–Kier alpha value is -6.78. The Bertz CT molecular complexity index is 2900. The molecule has 10 aromatic rings. The summed E-state index contributed by atoms with van der Waals surface area (Å²) in [4.78, 5) is 12.1. The van der Waals surface area contributed by atoms with Crippen LogP contribution in [0.3, 0.4) is 0 Å². The molecule has 50 heavy (non-hydrogen) atoms. The van der Waals surface area contributed by atoms with Crippen molar-refractivity contribution in [1.29, 1.82) is 0 Å². The van der Waals surface area contributed by atoms with Crippen molar-refractivity contribution in [1.82, 2.24) is 0 Å². The SMILES string of the molecule is O=[N+]([O-])c1c2ccccc2c(-c2cccc3c2oc2cc(-c4c5ccccc5c(-c5ccccc5)c5ccccc45)ccc23)c2ccccc12. The Kier molecular flexibility index (Phi) is 6.14. The lowest BCUT2D eigenvalue weighted by atomic mass is 9.86. The molecule has 0 saturated heterocycles. The van der Waals surface area contributed by atoms with Crippen molar-refractivity contribution < 1.29 is 9.34 Å². The first-order valence-electron chi connectivity index (χ1n) is 16.7. The van der Waals surface area contributed by atoms with Crippen molar-refractivity contribution in [2.24, 2.45) is 0 Å². The largest absolute Gasteiger partial charge is 0.455 e. The fourth-order valence-corrected chi connectivity index (χ4v) is 8.10. The first-order valence-corrected chi connectivity index (χ1v) is 16.7. The van der Waals surface area contributed by atoms with E-state index in [4.69, 9.17) is 4.42 Å². The molecule has 1 heterocycles. The summed E-state index contributed by atoms with van der Waals surface area (Å²) >= 11 is 0. The number of nitro benzene ring substituents is 1. The Morgan fingerprint density at radius 1 is 0.400 bits per heavy atom. The summed E-state index contributed by atoms with van der Waals surface area (Å²) in [7, 11) is 0. The van der Waals surface area contributed by atoms with Crippen LogP contribution in [-0.4, -0.2) is 4.92 Å². The Balaban J connectivity index is 1.25. The number of non-ortho nitro benzene ring substituents is 1. The molecule has 4 heteroatoms. The third kappa shape index (κ3) is 4.06. The predicted molar refractivity (Wildman–Crippen MR) is 207 cm³/mol. The van der Waals surface area contributed by atoms with Crippen LogP contribution in [0.5, 0.6) is 0 Å². The monoisotopic (exact) mass is 641 g/mol. The first kappa shape index (κ1) is 28.3. The molecule has 0 saturated carbocycles. The average Bonchev–Trinajstić information content (AvgIpc) is 3.54. The zero-order valence-electron chi connectivity index (χ0n) is 26.8. The maximum atomic E-state index is 12.4. The molecule has 0 radical (unpaired) electrons. The van der Waals surface area contributed by atoms with Gasteiger partial charge in [-0.2, -0.15) is 0 Å². The highest BCUT2D eigenvalue weighted by molar-refractivity contribution is 6.24. The lowest BCUT2D eigenvalue weighted by Gasteiger charge is -2.17. The molecule has 0 amide bonds. The van der Waals surface area contributed by atoms with Gasteiger partial charge in [-0.3, -0.25) is 10.1 Å². The summed E-state index contributed by atoms with van der Waals surface area (Å²) in [5.74, 6) is 0. The summed E-state index contributed by atoms with van der Waals surface area (Å²) in [5, 5.41) is 22.1. The molecule has 0 fully saturated rings. The Labute approximate surface area is 286 Å². The molecule has 0 atom stereocenters. The summed E-state index contributed by atoms with van der Waals surface area (Å²) in [5.41, 5.74) is 8.20. The highest BCUT2D eigenvalue weighted by Crippen LogP contribution is 2.48. The fraction of sp³-hybridized carbons (Fsp3) is 0. The van der Waals surface area contributed by atoms with Crippen LogP contribution in [0.25, 0.3) is 98.4 Å². The van der Waals surface area contributed by atoms with Crippen LogP contribution >= 0.6 is 0 Å². The number of nitro groups is 1. The zero-order valence-corrected chi connectivity index (χ0v) is 26.8. The Morgan fingerprint density at radius 2 is 0.860 bits per heavy atom. The van der Waals surface area contributed by atoms with Crippen molar-refractivity contribution in [3.8, 4) is 33.4 Å². The number of furan rings is 1. The van der Waals surface area contributed by atoms with E-state index in [2.05, 4.69) is 115 Å². The van der Waals surface area contributed by atoms with Crippen molar-refractivity contribution in [2.45, 2.75) is 0 Å². The summed E-state index contributed by atoms with van der Waals surface area (Å²) in [6.07, 6.45) is 0. The number of hydrogen-bond donors (Lipinski definition) is 0. The van der Waals surface area contributed by atoms with Crippen molar-refractivity contribution in [3.63, 3.8) is 0 Å². The lowest BCUT2D eigenvalue weighted by molar-refractivity contribution is -0.381. The van der Waals surface area contributed by atoms with E-state index in [1.165, 1.54) is 38.2 Å². The molecule has 0 N–H and O–H groups in total. The second-order valence-electron chi connectivity index (χ2n) is 12.8. The third-order valence-corrected chi connectivity index (χ3v) is 10.1. The lowest BCUT2D eigenvalue weighted by Crippen LogP contribution is -1.94. The van der Waals surface area contributed by atoms with Crippen LogP contribution in [0.15, 0.2) is 168 Å². The molecule has 1 aromatic heterocycles. The molecule has 0 aliphatic rings. The molecule has 10 rings (SSSR count). The average molecular weight is 642 g/mol. The number of para-hydroxylation sites is 1. The van der Waals surface area contributed by atoms with Crippen LogP contribution in [0, 0.1) is 10.1 Å². The van der Waals surface area contributed by atoms with E-state index in [0.717, 1.165) is 49.4 Å². The summed E-state index contributed by atoms with van der Waals surface area (Å²) in [6, 6.07) is 55.9. The molecule has 9 aromatic carbocycles. The van der Waals surface area contributed by atoms with Crippen LogP contribution < -0.4 is 0 Å². The van der Waals surface area contributed by atoms with Gasteiger partial charge >= 0.3 is 0 Å². The topological polar surface area (TPSA) is 56.3 Å². The van der Waals surface area contributed by atoms with Gasteiger partial charge in [0.25, 0.3) is 5.69 Å². The molecule has 0 unspecified atom stereocenters. The smallest absolute Gasteiger partial charge is 0.284 e. The minimum Gasteiger partial charge on any atom is -0.455 e. The number of rotatable bonds is 4. The highest BCUT2D eigenvalue weighted by Gasteiger charge is 2.24. The second kappa shape index (κ2) is 10.9. The number of nitrogens with zero attached hydrogens (tertiary/aromatic N) is 1. The molecule has 0 aliphatic carbocycles. The van der Waals surface area contributed by atoms with E-state index >= 15 is 0 Å². The second-order valence-corrected chi connectivity index (χ2v) is 12.8. The van der Waals surface area contributed by atoms with Gasteiger partial charge < -0.3 is 4.42 Å². The van der Waals surface area contributed by atoms with Crippen LogP contribution in [0.4, 0.5) is 5.69 Å². The van der Waals surface area contributed by atoms with Crippen LogP contribution in [0.2, 0.25) is 0 Å². The van der Waals surface area contributed by atoms with E-state index in [1.807, 2.05) is 48.5 Å². The van der Waals surface area contributed by atoms with Gasteiger partial charge in [0.2, 0.25) is 0 Å². The molecular formula is C46H27NO3. The van der Waals surface area contributed by atoms with Gasteiger partial charge in [-0.05, 0) is 78.8 Å². The predicted octanol–water partition coefficient (Wildman–Crippen LogP) is 13.1. The number of hydrogen-bond acceptors (Lipinski definition) is 3. The van der Waals surface area contributed by atoms with Gasteiger partial charge in [-0.1, -0.05) is 140 Å². The van der Waals surface area contributed by atoms with Gasteiger partial charge in [0.1, 0.15) is 11.2 Å². The molecule has 234 valence electrons. The molecule has 0 spiro atoms. The third-order valence-electron chi connectivity index (χ3n) is 10.1. The number of fused-ring (bicyclic) bond motifs is 7. The van der Waals surface area contributed by atoms with Crippen molar-refractivity contribution in [3.05, 3.63) is 174 Å². The van der Waals surface area contributed by atoms with E-state index in [0.29, 0.717) is 10.8 Å².